The van der Waals surface area contributed by atoms with Crippen LogP contribution >= 0.6 is 46.4 Å². The molecule has 6 aliphatic heterocycles. The molecule has 18 rings (SSSR count). The SMILES string of the molecule is C=C1CCc2ccc(OCC3CN(CC(O)C4(c5ccc(Cl)cc5)CCC4)CCC3C)cc2N1.C=C1CCc2ccc(OCC3CN(CC4(c5ccc(Cl)cc5)CCC4)CCC3C)cc2N1.CC1CCN(CC2(c3ccc(Cl)cc3)CCC2)CC1COc1ccc(C(F)(F)F)cc1.Cc1ccc(OCC2CN(CC(O)C3(c4ccc(Cl)cc4)CCC3)CCC2C)cc1. The summed E-state index contributed by atoms with van der Waals surface area (Å²) in [6, 6.07) is 59.2. The molecule has 10 aliphatic rings. The molecule has 0 radical (unpaired) electrons. The summed E-state index contributed by atoms with van der Waals surface area (Å²) in [5.41, 5.74) is 13.3. The first kappa shape index (κ1) is 94.4. The van der Waals surface area contributed by atoms with Gasteiger partial charge in [-0.05, 0) is 290 Å². The van der Waals surface area contributed by atoms with E-state index < -0.39 is 11.7 Å². The molecule has 0 bridgehead atoms. The maximum Gasteiger partial charge on any atom is 0.416 e. The van der Waals surface area contributed by atoms with Crippen LogP contribution in [0.25, 0.3) is 0 Å². The zero-order valence-corrected chi connectivity index (χ0v) is 78.4. The van der Waals surface area contributed by atoms with Crippen molar-refractivity contribution in [1.29, 1.82) is 0 Å². The van der Waals surface area contributed by atoms with Gasteiger partial charge in [0.2, 0.25) is 0 Å². The molecule has 4 saturated heterocycles. The lowest BCUT2D eigenvalue weighted by Crippen LogP contribution is -2.53. The second-order valence-electron chi connectivity index (χ2n) is 39.6. The first-order valence-corrected chi connectivity index (χ1v) is 48.9. The Morgan fingerprint density at radius 2 is 0.693 bits per heavy atom. The summed E-state index contributed by atoms with van der Waals surface area (Å²) in [4.78, 5) is 10.1. The van der Waals surface area contributed by atoms with Gasteiger partial charge in [-0.2, -0.15) is 13.2 Å². The van der Waals surface area contributed by atoms with Crippen LogP contribution in [0.15, 0.2) is 207 Å². The molecule has 12 nitrogen and oxygen atoms in total. The van der Waals surface area contributed by atoms with E-state index in [0.29, 0.717) is 71.7 Å². The van der Waals surface area contributed by atoms with Crippen LogP contribution < -0.4 is 29.6 Å². The molecule has 0 amide bonds. The fourth-order valence-corrected chi connectivity index (χ4v) is 22.0. The summed E-state index contributed by atoms with van der Waals surface area (Å²) < 4.78 is 62.8. The van der Waals surface area contributed by atoms with Crippen molar-refractivity contribution in [3.05, 3.63) is 271 Å². The molecule has 4 N–H and O–H groups in total. The molecule has 4 saturated carbocycles. The smallest absolute Gasteiger partial charge is 0.416 e. The standard InChI is InChI=1S/C29H37ClN2O2.C28H35ClN2O.C26H34ClNO2.C25H29ClF3NO/c1-20-12-15-32(18-28(33)29(13-3-14-29)24-7-9-25(30)10-8-24)17-23(20)19-34-26-11-6-22-5-4-21(2)31-27(22)16-26;1-20-12-15-31(19-28(13-3-14-28)24-7-9-25(29)10-8-24)17-23(20)18-32-26-11-6-22-5-4-21(2)30-27(22)16-26;1-19-4-10-24(11-5-19)30-18-21-16-28(15-12-20(21)2)17-25(29)26(13-3-14-26)22-6-8-23(27)9-7-22;1-18-11-14-30(17-24(12-2-13-24)20-3-7-22(26)8-4-20)15-19(18)16-31-23-9-5-21(6-10-23)25(27,28)29/h6-11,16,20,23,28,31,33H,2-5,12-15,17-19H2,1H3;6-11,16,20,23,30H,2-5,12-15,17-19H2,1H3;4-11,20-21,25,29H,3,12-18H2,1-2H3;3-10,18-19H,2,11-17H2,1H3. The second kappa shape index (κ2) is 42.5. The van der Waals surface area contributed by atoms with E-state index in [0.717, 1.165) is 228 Å². The topological polar surface area (TPSA) is 114 Å². The highest BCUT2D eigenvalue weighted by Gasteiger charge is 2.49. The third-order valence-electron chi connectivity index (χ3n) is 31.1. The largest absolute Gasteiger partial charge is 0.493 e. The van der Waals surface area contributed by atoms with Gasteiger partial charge < -0.3 is 59.4 Å². The van der Waals surface area contributed by atoms with Crippen LogP contribution in [0.2, 0.25) is 20.1 Å². The van der Waals surface area contributed by atoms with Gasteiger partial charge >= 0.3 is 6.18 Å². The molecule has 8 fully saturated rings. The normalized spacial score (nSPS) is 24.7. The maximum atomic E-state index is 12.7. The highest BCUT2D eigenvalue weighted by Crippen LogP contribution is 2.51. The lowest BCUT2D eigenvalue weighted by atomic mass is 9.61. The average Bonchev–Trinajstić information content (AvgIpc) is 0.759. The van der Waals surface area contributed by atoms with E-state index in [-0.39, 0.29) is 28.5 Å². The summed E-state index contributed by atoms with van der Waals surface area (Å²) in [6.45, 7) is 34.3. The molecule has 8 aromatic carbocycles. The van der Waals surface area contributed by atoms with Crippen molar-refractivity contribution in [2.75, 3.05) is 116 Å². The Kier molecular flexibility index (Phi) is 31.6. The molecular formula is C108H135Cl4F3N6O6. The number of fused-ring (bicyclic) bond motifs is 2. The van der Waals surface area contributed by atoms with Gasteiger partial charge in [0, 0.05) is 153 Å². The maximum absolute atomic E-state index is 12.7. The molecule has 10 atom stereocenters. The highest BCUT2D eigenvalue weighted by atomic mass is 35.5. The molecule has 6 heterocycles. The van der Waals surface area contributed by atoms with Crippen molar-refractivity contribution in [3.63, 3.8) is 0 Å². The van der Waals surface area contributed by atoms with Crippen LogP contribution in [0.1, 0.15) is 188 Å². The quantitative estimate of drug-likeness (QED) is 0.0414. The van der Waals surface area contributed by atoms with Gasteiger partial charge in [0.15, 0.2) is 0 Å². The van der Waals surface area contributed by atoms with Gasteiger partial charge in [-0.25, -0.2) is 0 Å². The van der Waals surface area contributed by atoms with E-state index >= 15 is 0 Å². The monoisotopic (exact) mass is 1810 g/mol. The number of ether oxygens (including phenoxy) is 4. The highest BCUT2D eigenvalue weighted by molar-refractivity contribution is 6.31. The Morgan fingerprint density at radius 3 is 1.01 bits per heavy atom. The number of β-amino-alcohol motifs (C(OH)–C–C–N with tert-alkyl or cyclic N) is 2. The van der Waals surface area contributed by atoms with Gasteiger partial charge in [-0.3, -0.25) is 0 Å². The fraction of sp³-hybridized carbons (Fsp3) is 0.519. The number of piperidine rings is 4. The zero-order valence-electron chi connectivity index (χ0n) is 75.4. The Balaban J connectivity index is 0.000000131. The van der Waals surface area contributed by atoms with Gasteiger partial charge in [0.25, 0.3) is 0 Å². The Hall–Kier alpha value is -7.25. The Labute approximate surface area is 774 Å². The number of hydrogen-bond acceptors (Lipinski definition) is 12. The van der Waals surface area contributed by atoms with Gasteiger partial charge in [0.05, 0.1) is 44.2 Å². The summed E-state index contributed by atoms with van der Waals surface area (Å²) in [5.74, 6) is 7.64. The number of anilines is 2. The number of hydrogen-bond donors (Lipinski definition) is 4. The number of likely N-dealkylation sites (tertiary alicyclic amines) is 4. The molecule has 127 heavy (non-hydrogen) atoms. The number of alkyl halides is 3. The van der Waals surface area contributed by atoms with Crippen LogP contribution in [0.5, 0.6) is 23.0 Å². The van der Waals surface area contributed by atoms with Gasteiger partial charge in [-0.1, -0.05) is 191 Å². The van der Waals surface area contributed by atoms with Crippen LogP contribution in [0, 0.1) is 54.3 Å². The predicted octanol–water partition coefficient (Wildman–Crippen LogP) is 25.0. The third-order valence-corrected chi connectivity index (χ3v) is 32.1. The van der Waals surface area contributed by atoms with Crippen molar-refractivity contribution < 1.29 is 42.3 Å². The van der Waals surface area contributed by atoms with E-state index in [1.54, 1.807) is 0 Å². The minimum atomic E-state index is -4.32. The minimum Gasteiger partial charge on any atom is -0.493 e. The van der Waals surface area contributed by atoms with E-state index in [4.69, 9.17) is 65.4 Å². The van der Waals surface area contributed by atoms with Crippen molar-refractivity contribution in [2.24, 2.45) is 47.3 Å². The number of aliphatic hydroxyl groups excluding tert-OH is 2. The summed E-state index contributed by atoms with van der Waals surface area (Å²) >= 11 is 24.4. The van der Waals surface area contributed by atoms with Crippen molar-refractivity contribution >= 4 is 57.8 Å². The lowest BCUT2D eigenvalue weighted by Gasteiger charge is -2.48. The van der Waals surface area contributed by atoms with Crippen molar-refractivity contribution in [1.82, 2.24) is 19.6 Å². The first-order valence-electron chi connectivity index (χ1n) is 47.4. The van der Waals surface area contributed by atoms with Crippen LogP contribution in [0.4, 0.5) is 24.5 Å². The van der Waals surface area contributed by atoms with Crippen molar-refractivity contribution in [2.45, 2.75) is 203 Å². The molecule has 0 aromatic heterocycles. The lowest BCUT2D eigenvalue weighted by molar-refractivity contribution is -0.137. The number of rotatable bonds is 26. The summed E-state index contributed by atoms with van der Waals surface area (Å²) in [5, 5.41) is 32.6. The van der Waals surface area contributed by atoms with Crippen molar-refractivity contribution in [3.8, 4) is 23.0 Å². The molecule has 19 heteroatoms. The number of allylic oxidation sites excluding steroid dienone is 2. The second-order valence-corrected chi connectivity index (χ2v) is 41.4. The number of aliphatic hydroxyl groups is 2. The van der Waals surface area contributed by atoms with Crippen LogP contribution in [-0.4, -0.2) is 147 Å². The Bertz CT molecular complexity index is 4890. The number of aryl methyl sites for hydroxylation is 3. The molecule has 8 aromatic rings. The van der Waals surface area contributed by atoms with Gasteiger partial charge in [0.1, 0.15) is 23.0 Å². The summed E-state index contributed by atoms with van der Waals surface area (Å²) in [7, 11) is 0. The summed E-state index contributed by atoms with van der Waals surface area (Å²) in [6.07, 6.45) is 17.9. The number of nitrogens with zero attached hydrogens (tertiary/aromatic N) is 4. The molecular weight excluding hydrogens is 1680 g/mol. The van der Waals surface area contributed by atoms with E-state index in [9.17, 15) is 23.4 Å². The number of nitrogens with one attached hydrogen (secondary N) is 2. The molecule has 682 valence electrons. The number of benzene rings is 8. The van der Waals surface area contributed by atoms with E-state index in [2.05, 4.69) is 199 Å². The molecule has 10 unspecified atom stereocenters. The average molecular weight is 1810 g/mol. The first-order chi connectivity index (χ1) is 61.1. The zero-order chi connectivity index (χ0) is 89.0. The van der Waals surface area contributed by atoms with Crippen LogP contribution in [0.3, 0.4) is 0 Å². The van der Waals surface area contributed by atoms with E-state index in [1.165, 1.54) is 115 Å². The van der Waals surface area contributed by atoms with Crippen LogP contribution in [-0.2, 0) is 40.7 Å². The number of halogens is 7. The molecule has 4 aliphatic carbocycles. The van der Waals surface area contributed by atoms with Gasteiger partial charge in [-0.15, -0.1) is 0 Å². The van der Waals surface area contributed by atoms with E-state index in [1.807, 2.05) is 36.4 Å². The Morgan fingerprint density at radius 1 is 0.394 bits per heavy atom. The minimum absolute atomic E-state index is 0.110. The predicted molar refractivity (Wildman–Crippen MR) is 514 cm³/mol. The third kappa shape index (κ3) is 23.8. The fourth-order valence-electron chi connectivity index (χ4n) is 21.5. The molecule has 0 spiro atoms.